The molecule has 0 spiro atoms. The molecule has 1 aromatic rings. The van der Waals surface area contributed by atoms with E-state index in [1.54, 1.807) is 25.1 Å². The van der Waals surface area contributed by atoms with E-state index in [1.165, 1.54) is 4.68 Å². The van der Waals surface area contributed by atoms with Gasteiger partial charge in [-0.15, -0.1) is 0 Å². The zero-order valence-electron chi connectivity index (χ0n) is 12.8. The van der Waals surface area contributed by atoms with Crippen LogP contribution in [-0.2, 0) is 11.8 Å². The summed E-state index contributed by atoms with van der Waals surface area (Å²) >= 11 is 0. The molecular weight excluding hydrogens is 272 g/mol. The molecule has 1 atom stereocenters. The summed E-state index contributed by atoms with van der Waals surface area (Å²) in [7, 11) is 1.70. The Labute approximate surface area is 124 Å². The molecule has 21 heavy (non-hydrogen) atoms. The molecule has 0 saturated carbocycles. The fraction of sp³-hybridized carbons (Fsp3) is 0.643. The van der Waals surface area contributed by atoms with Crippen molar-refractivity contribution in [2.24, 2.45) is 7.05 Å². The first kappa shape index (κ1) is 15.3. The van der Waals surface area contributed by atoms with Gasteiger partial charge >= 0.3 is 12.0 Å². The van der Waals surface area contributed by atoms with Crippen molar-refractivity contribution in [3.8, 4) is 0 Å². The number of hydrogen-bond donors (Lipinski definition) is 1. The van der Waals surface area contributed by atoms with Crippen LogP contribution in [0.3, 0.4) is 0 Å². The molecule has 1 N–H and O–H groups in total. The second-order valence-corrected chi connectivity index (χ2v) is 5.25. The quantitative estimate of drug-likeness (QED) is 0.865. The largest absolute Gasteiger partial charge is 0.462 e. The molecule has 1 aromatic heterocycles. The fourth-order valence-corrected chi connectivity index (χ4v) is 2.51. The molecule has 116 valence electrons. The summed E-state index contributed by atoms with van der Waals surface area (Å²) in [6.45, 7) is 4.78. The molecule has 2 amide bonds. The van der Waals surface area contributed by atoms with E-state index in [1.807, 2.05) is 6.92 Å². The molecule has 1 aliphatic rings. The van der Waals surface area contributed by atoms with Crippen molar-refractivity contribution in [3.63, 3.8) is 0 Å². The third kappa shape index (κ3) is 3.53. The van der Waals surface area contributed by atoms with Crippen molar-refractivity contribution in [2.75, 3.05) is 18.5 Å². The van der Waals surface area contributed by atoms with Gasteiger partial charge in [0.2, 0.25) is 0 Å². The van der Waals surface area contributed by atoms with Crippen molar-refractivity contribution < 1.29 is 14.3 Å². The van der Waals surface area contributed by atoms with Gasteiger partial charge in [0.25, 0.3) is 0 Å². The lowest BCUT2D eigenvalue weighted by Crippen LogP contribution is -2.44. The van der Waals surface area contributed by atoms with Crippen molar-refractivity contribution in [1.82, 2.24) is 14.7 Å². The van der Waals surface area contributed by atoms with Crippen LogP contribution in [0.15, 0.2) is 6.20 Å². The van der Waals surface area contributed by atoms with Gasteiger partial charge in [-0.1, -0.05) is 0 Å². The minimum atomic E-state index is -0.479. The lowest BCUT2D eigenvalue weighted by molar-refractivity contribution is 0.0527. The van der Waals surface area contributed by atoms with Crippen molar-refractivity contribution in [1.29, 1.82) is 0 Å². The average Bonchev–Trinajstić information content (AvgIpc) is 2.80. The van der Waals surface area contributed by atoms with E-state index in [0.29, 0.717) is 0 Å². The van der Waals surface area contributed by atoms with Crippen LogP contribution in [0.2, 0.25) is 0 Å². The minimum Gasteiger partial charge on any atom is -0.462 e. The Morgan fingerprint density at radius 2 is 2.24 bits per heavy atom. The zero-order chi connectivity index (χ0) is 15.4. The first-order valence-electron chi connectivity index (χ1n) is 7.31. The number of rotatable bonds is 3. The third-order valence-corrected chi connectivity index (χ3v) is 3.61. The van der Waals surface area contributed by atoms with Crippen LogP contribution in [0.5, 0.6) is 0 Å². The summed E-state index contributed by atoms with van der Waals surface area (Å²) in [5.41, 5.74) is 0.275. The number of hydrogen-bond acceptors (Lipinski definition) is 4. The Hall–Kier alpha value is -2.05. The topological polar surface area (TPSA) is 76.5 Å². The molecule has 0 unspecified atom stereocenters. The molecule has 2 heterocycles. The number of nitrogens with one attached hydrogen (secondary N) is 1. The van der Waals surface area contributed by atoms with Gasteiger partial charge in [-0.3, -0.25) is 10.00 Å². The van der Waals surface area contributed by atoms with E-state index in [0.717, 1.165) is 25.8 Å². The molecule has 0 bridgehead atoms. The van der Waals surface area contributed by atoms with Crippen LogP contribution < -0.4 is 5.32 Å². The smallest absolute Gasteiger partial charge is 0.343 e. The Bertz CT molecular complexity index is 526. The summed E-state index contributed by atoms with van der Waals surface area (Å²) in [6.07, 6.45) is 4.70. The van der Waals surface area contributed by atoms with Gasteiger partial charge in [-0.25, -0.2) is 9.59 Å². The highest BCUT2D eigenvalue weighted by Crippen LogP contribution is 2.19. The number of esters is 1. The van der Waals surface area contributed by atoms with Crippen molar-refractivity contribution >= 4 is 17.8 Å². The van der Waals surface area contributed by atoms with Crippen LogP contribution in [0.1, 0.15) is 43.5 Å². The molecule has 7 nitrogen and oxygen atoms in total. The van der Waals surface area contributed by atoms with Gasteiger partial charge in [0.1, 0.15) is 5.56 Å². The maximum atomic E-state index is 12.3. The number of anilines is 1. The monoisotopic (exact) mass is 294 g/mol. The second kappa shape index (κ2) is 6.60. The van der Waals surface area contributed by atoms with Crippen molar-refractivity contribution in [2.45, 2.75) is 39.2 Å². The third-order valence-electron chi connectivity index (χ3n) is 3.61. The van der Waals surface area contributed by atoms with Crippen LogP contribution >= 0.6 is 0 Å². The lowest BCUT2D eigenvalue weighted by atomic mass is 10.0. The Morgan fingerprint density at radius 1 is 1.48 bits per heavy atom. The number of aryl methyl sites for hydroxylation is 1. The fourth-order valence-electron chi connectivity index (χ4n) is 2.51. The number of amides is 2. The van der Waals surface area contributed by atoms with Gasteiger partial charge in [-0.2, -0.15) is 5.10 Å². The molecule has 0 aliphatic carbocycles. The summed E-state index contributed by atoms with van der Waals surface area (Å²) in [5, 5.41) is 6.86. The van der Waals surface area contributed by atoms with Gasteiger partial charge in [0.05, 0.1) is 6.61 Å². The van der Waals surface area contributed by atoms with E-state index < -0.39 is 5.97 Å². The van der Waals surface area contributed by atoms with Crippen molar-refractivity contribution in [3.05, 3.63) is 11.8 Å². The number of carbonyl (C=O) groups excluding carboxylic acids is 2. The van der Waals surface area contributed by atoms with Crippen LogP contribution in [0, 0.1) is 0 Å². The summed E-state index contributed by atoms with van der Waals surface area (Å²) < 4.78 is 6.46. The van der Waals surface area contributed by atoms with Crippen LogP contribution in [-0.4, -0.2) is 45.9 Å². The highest BCUT2D eigenvalue weighted by Gasteiger charge is 2.26. The van der Waals surface area contributed by atoms with Gasteiger partial charge in [0.15, 0.2) is 5.82 Å². The standard InChI is InChI=1S/C14H22N4O3/c1-4-21-13(19)11-9-17(3)16-12(11)15-14(20)18-8-6-5-7-10(18)2/h9-10H,4-8H2,1-3H3,(H,15,16,20)/t10-/m0/s1. The van der Waals surface area contributed by atoms with Crippen LogP contribution in [0.4, 0.5) is 10.6 Å². The SMILES string of the molecule is CCOC(=O)c1cn(C)nc1NC(=O)N1CCCC[C@@H]1C. The van der Waals surface area contributed by atoms with Gasteiger partial charge in [-0.05, 0) is 33.1 Å². The first-order valence-corrected chi connectivity index (χ1v) is 7.31. The van der Waals surface area contributed by atoms with E-state index in [4.69, 9.17) is 4.74 Å². The maximum absolute atomic E-state index is 12.3. The summed E-state index contributed by atoms with van der Waals surface area (Å²) in [6, 6.07) is -0.0139. The highest BCUT2D eigenvalue weighted by atomic mass is 16.5. The molecule has 2 rings (SSSR count). The Morgan fingerprint density at radius 3 is 2.90 bits per heavy atom. The average molecular weight is 294 g/mol. The number of aromatic nitrogens is 2. The van der Waals surface area contributed by atoms with E-state index in [9.17, 15) is 9.59 Å². The van der Waals surface area contributed by atoms with Gasteiger partial charge < -0.3 is 9.64 Å². The minimum absolute atomic E-state index is 0.202. The normalized spacial score (nSPS) is 18.4. The molecule has 0 aromatic carbocycles. The molecule has 1 saturated heterocycles. The second-order valence-electron chi connectivity index (χ2n) is 5.25. The Balaban J connectivity index is 2.11. The number of ether oxygens (including phenoxy) is 1. The number of urea groups is 1. The number of likely N-dealkylation sites (tertiary alicyclic amines) is 1. The lowest BCUT2D eigenvalue weighted by Gasteiger charge is -2.33. The highest BCUT2D eigenvalue weighted by molar-refractivity contribution is 5.99. The molecule has 1 fully saturated rings. The molecule has 0 radical (unpaired) electrons. The molecular formula is C14H22N4O3. The van der Waals surface area contributed by atoms with E-state index >= 15 is 0 Å². The zero-order valence-corrected chi connectivity index (χ0v) is 12.8. The Kier molecular flexibility index (Phi) is 4.82. The predicted octanol–water partition coefficient (Wildman–Crippen LogP) is 2.00. The van der Waals surface area contributed by atoms with Crippen LogP contribution in [0.25, 0.3) is 0 Å². The number of piperidine rings is 1. The van der Waals surface area contributed by atoms with E-state index in [-0.39, 0.29) is 30.1 Å². The number of carbonyl (C=O) groups is 2. The maximum Gasteiger partial charge on any atom is 0.343 e. The summed E-state index contributed by atoms with van der Waals surface area (Å²) in [4.78, 5) is 26.0. The predicted molar refractivity (Wildman–Crippen MR) is 78.2 cm³/mol. The van der Waals surface area contributed by atoms with E-state index in [2.05, 4.69) is 10.4 Å². The first-order chi connectivity index (χ1) is 10.0. The number of nitrogens with zero attached hydrogens (tertiary/aromatic N) is 3. The molecule has 1 aliphatic heterocycles. The molecule has 7 heteroatoms. The summed E-state index contributed by atoms with van der Waals surface area (Å²) in [5.74, 6) is -0.230. The van der Waals surface area contributed by atoms with Gasteiger partial charge in [0, 0.05) is 25.8 Å².